The van der Waals surface area contributed by atoms with Crippen molar-refractivity contribution in [2.24, 2.45) is 11.8 Å². The molecule has 1 aliphatic rings. The van der Waals surface area contributed by atoms with Gasteiger partial charge in [-0.15, -0.1) is 0 Å². The predicted molar refractivity (Wildman–Crippen MR) is 154 cm³/mol. The molecule has 0 aliphatic heterocycles. The Morgan fingerprint density at radius 2 is 1.51 bits per heavy atom. The minimum absolute atomic E-state index is 0. The summed E-state index contributed by atoms with van der Waals surface area (Å²) in [5, 5.41) is -1.95. The fourth-order valence-corrected chi connectivity index (χ4v) is 5.17. The Kier molecular flexibility index (Phi) is 20.7. The molecule has 0 saturated carbocycles. The molecule has 4 unspecified atom stereocenters. The molecule has 4 atom stereocenters. The molecule has 214 valence electrons. The maximum absolute atomic E-state index is 12.2. The molecule has 1 N–H and O–H groups in total. The molecule has 10 heteroatoms. The Morgan fingerprint density at radius 1 is 0.974 bits per heavy atom. The molecule has 1 aliphatic carbocycles. The van der Waals surface area contributed by atoms with E-state index in [4.69, 9.17) is 9.47 Å². The van der Waals surface area contributed by atoms with E-state index in [1.54, 1.807) is 0 Å². The third kappa shape index (κ3) is 15.2. The van der Waals surface area contributed by atoms with Crippen LogP contribution in [0.3, 0.4) is 0 Å². The first-order valence-electron chi connectivity index (χ1n) is 13.9. The van der Waals surface area contributed by atoms with Crippen molar-refractivity contribution >= 4 is 44.4 Å². The van der Waals surface area contributed by atoms with Gasteiger partial charge in [0, 0.05) is 0 Å². The van der Waals surface area contributed by atoms with Gasteiger partial charge in [0.2, 0.25) is 0 Å². The zero-order chi connectivity index (χ0) is 28.6. The Hall–Kier alpha value is -0.658. The smallest absolute Gasteiger partial charge is 1.00 e. The molecule has 1 aromatic carbocycles. The molecular weight excluding hydrogens is 542 g/mol. The molecule has 0 spiro atoms. The maximum Gasteiger partial charge on any atom is 1.00 e. The summed E-state index contributed by atoms with van der Waals surface area (Å²) in [6.45, 7) is 8.35. The zero-order valence-electron chi connectivity index (χ0n) is 25.4. The van der Waals surface area contributed by atoms with Gasteiger partial charge in [-0.1, -0.05) is 107 Å². The fraction of sp³-hybridized carbons (Fsp3) is 0.655. The fourth-order valence-electron chi connectivity index (χ4n) is 4.10. The minimum atomic E-state index is -4.76. The van der Waals surface area contributed by atoms with E-state index >= 15 is 0 Å². The van der Waals surface area contributed by atoms with Gasteiger partial charge in [-0.3, -0.25) is 14.1 Å². The first-order chi connectivity index (χ1) is 18.1. The van der Waals surface area contributed by atoms with Crippen molar-refractivity contribution in [1.82, 2.24) is 0 Å². The van der Waals surface area contributed by atoms with Crippen LogP contribution in [0.5, 0.6) is 0 Å². The molecule has 0 saturated heterocycles. The van der Waals surface area contributed by atoms with Gasteiger partial charge in [0.25, 0.3) is 10.1 Å². The largest absolute Gasteiger partial charge is 1.00 e. The summed E-state index contributed by atoms with van der Waals surface area (Å²) in [4.78, 5) is 24.2. The van der Waals surface area contributed by atoms with Crippen molar-refractivity contribution in [3.8, 4) is 0 Å². The molecule has 0 fully saturated rings. The molecule has 1 aromatic rings. The summed E-state index contributed by atoms with van der Waals surface area (Å²) in [5.74, 6) is -1.61. The second-order valence-corrected chi connectivity index (χ2v) is 12.2. The number of unbranched alkanes of at least 4 members (excludes halogenated alkanes) is 2. The Morgan fingerprint density at radius 3 is 2.00 bits per heavy atom. The molecule has 0 aromatic heterocycles. The van der Waals surface area contributed by atoms with E-state index in [9.17, 15) is 22.6 Å². The van der Waals surface area contributed by atoms with E-state index in [1.807, 2.05) is 13.8 Å². The van der Waals surface area contributed by atoms with E-state index in [2.05, 4.69) is 66.6 Å². The van der Waals surface area contributed by atoms with E-state index in [0.717, 1.165) is 51.4 Å². The summed E-state index contributed by atoms with van der Waals surface area (Å²) < 4.78 is 43.3. The van der Waals surface area contributed by atoms with Gasteiger partial charge in [0.1, 0.15) is 16.3 Å². The average Bonchev–Trinajstić information content (AvgIpc) is 3.28. The Bertz CT molecular complexity index is 990. The molecule has 7 nitrogen and oxygen atoms in total. The number of carbonyl (C=O) groups excluding carboxylic acids is 2. The van der Waals surface area contributed by atoms with Crippen LogP contribution in [0, 0.1) is 11.8 Å². The standard InChI is InChI=1S/C20H38O7S.C9H7.Al.Na.H/c1-5-9-11-16(7-3)14-26-19(21)13-18(28(23,24)25)20(22)27-15-17(8-4)12-10-6-2;1-2-5-9-7-3-6-8(9)4-1;;;/h16-18H,5-15H2,1-4H3,(H,23,24,25);1-7H;;;/q;;;+1;-1. The number of esters is 2. The SMILES string of the molecule is CCCCC(CC)COC(=O)CC(C(=O)OCC(CC)CCCC)S(=O)(=O)O.[Al][CH]1C=Cc2ccccc21.[H-].[Na+]. The number of ether oxygens (including phenoxy) is 2. The second kappa shape index (κ2) is 21.1. The Labute approximate surface area is 267 Å². The number of carbonyl (C=O) groups is 2. The van der Waals surface area contributed by atoms with Crippen LogP contribution in [-0.2, 0) is 29.2 Å². The molecule has 2 radical (unpaired) electrons. The van der Waals surface area contributed by atoms with Crippen LogP contribution in [0.2, 0.25) is 0 Å². The van der Waals surface area contributed by atoms with Gasteiger partial charge in [-0.2, -0.15) is 8.42 Å². The first kappa shape index (κ1) is 38.3. The number of fused-ring (bicyclic) bond motifs is 1. The minimum Gasteiger partial charge on any atom is -1.00 e. The molecular formula is C29H46AlNaO7S. The summed E-state index contributed by atoms with van der Waals surface area (Å²) in [6, 6.07) is 8.48. The van der Waals surface area contributed by atoms with Gasteiger partial charge < -0.3 is 10.9 Å². The van der Waals surface area contributed by atoms with Crippen LogP contribution >= 0.6 is 0 Å². The quantitative estimate of drug-likeness (QED) is 0.180. The van der Waals surface area contributed by atoms with Crippen LogP contribution in [0.4, 0.5) is 0 Å². The topological polar surface area (TPSA) is 107 Å². The monoisotopic (exact) mass is 588 g/mol. The summed E-state index contributed by atoms with van der Waals surface area (Å²) >= 11 is 2.81. The average molecular weight is 589 g/mol. The molecule has 0 amide bonds. The molecule has 0 bridgehead atoms. The van der Waals surface area contributed by atoms with Crippen LogP contribution in [0.25, 0.3) is 6.08 Å². The van der Waals surface area contributed by atoms with Gasteiger partial charge in [-0.25, -0.2) is 0 Å². The number of benzene rings is 1. The number of hydrogen-bond donors (Lipinski definition) is 1. The van der Waals surface area contributed by atoms with Gasteiger partial charge in [-0.05, 0) is 35.8 Å². The second-order valence-electron chi connectivity index (χ2n) is 9.87. The van der Waals surface area contributed by atoms with Crippen LogP contribution in [0.1, 0.15) is 103 Å². The van der Waals surface area contributed by atoms with E-state index in [0.29, 0.717) is 4.78 Å². The number of allylic oxidation sites excluding steroid dienone is 1. The predicted octanol–water partition coefficient (Wildman–Crippen LogP) is 3.19. The summed E-state index contributed by atoms with van der Waals surface area (Å²) in [5.41, 5.74) is 2.79. The maximum atomic E-state index is 12.2. The van der Waals surface area contributed by atoms with Crippen LogP contribution < -0.4 is 29.6 Å². The zero-order valence-corrected chi connectivity index (χ0v) is 28.4. The van der Waals surface area contributed by atoms with Crippen LogP contribution in [0.15, 0.2) is 30.3 Å². The number of rotatable bonds is 16. The van der Waals surface area contributed by atoms with E-state index in [-0.39, 0.29) is 56.0 Å². The van der Waals surface area contributed by atoms with Crippen molar-refractivity contribution < 1.29 is 63.0 Å². The third-order valence-corrected chi connectivity index (χ3v) is 8.50. The van der Waals surface area contributed by atoms with Crippen molar-refractivity contribution in [1.29, 1.82) is 0 Å². The Balaban J connectivity index is 0. The van der Waals surface area contributed by atoms with Gasteiger partial charge >= 0.3 is 41.5 Å². The third-order valence-electron chi connectivity index (χ3n) is 6.84. The van der Waals surface area contributed by atoms with Crippen molar-refractivity contribution in [3.63, 3.8) is 0 Å². The van der Waals surface area contributed by atoms with Crippen molar-refractivity contribution in [2.75, 3.05) is 13.2 Å². The number of hydrogen-bond acceptors (Lipinski definition) is 6. The van der Waals surface area contributed by atoms with Crippen molar-refractivity contribution in [3.05, 3.63) is 41.5 Å². The molecule has 2 rings (SSSR count). The summed E-state index contributed by atoms with van der Waals surface area (Å²) in [6.07, 6.45) is 11.1. The first-order valence-corrected chi connectivity index (χ1v) is 16.0. The molecule has 39 heavy (non-hydrogen) atoms. The van der Waals surface area contributed by atoms with E-state index < -0.39 is 33.7 Å². The van der Waals surface area contributed by atoms with E-state index in [1.165, 1.54) is 11.1 Å². The summed E-state index contributed by atoms with van der Waals surface area (Å²) in [7, 11) is -4.76. The van der Waals surface area contributed by atoms with Gasteiger partial charge in [0.05, 0.1) is 19.6 Å². The normalized spacial score (nSPS) is 16.1. The van der Waals surface area contributed by atoms with Crippen molar-refractivity contribution in [2.45, 2.75) is 95.5 Å². The molecule has 0 heterocycles. The van der Waals surface area contributed by atoms with Gasteiger partial charge in [0.15, 0.2) is 5.25 Å². The van der Waals surface area contributed by atoms with Crippen LogP contribution in [-0.4, -0.2) is 59.7 Å².